The number of carbonyl (C=O) groups is 1. The average Bonchev–Trinajstić information content (AvgIpc) is 3.31. The van der Waals surface area contributed by atoms with Gasteiger partial charge in [0.15, 0.2) is 0 Å². The zero-order valence-electron chi connectivity index (χ0n) is 18.0. The smallest absolute Gasteiger partial charge is 0.251 e. The molecule has 0 saturated carbocycles. The van der Waals surface area contributed by atoms with E-state index in [-0.39, 0.29) is 5.91 Å². The minimum Gasteiger partial charge on any atom is -0.397 e. The molecule has 0 atom stereocenters. The van der Waals surface area contributed by atoms with Crippen molar-refractivity contribution in [3.8, 4) is 0 Å². The number of benzene rings is 2. The lowest BCUT2D eigenvalue weighted by atomic mass is 10.1. The highest BCUT2D eigenvalue weighted by Crippen LogP contribution is 2.27. The first kappa shape index (κ1) is 20.8. The van der Waals surface area contributed by atoms with E-state index in [0.29, 0.717) is 17.8 Å². The van der Waals surface area contributed by atoms with Crippen molar-refractivity contribution < 1.29 is 4.79 Å². The SMILES string of the molecule is Cc1ccccc1N1CCN(c2ccc(C(=O)NCCCn3cccn3)cc2N)CC1. The standard InChI is InChI=1S/C24H30N6O/c1-19-6-2-3-7-22(19)28-14-16-29(17-15-28)23-9-8-20(18-21(23)25)24(31)26-10-4-12-30-13-5-11-27-30/h2-3,5-9,11,13,18H,4,10,12,14-17,25H2,1H3,(H,26,31). The van der Waals surface area contributed by atoms with Crippen LogP contribution < -0.4 is 20.9 Å². The summed E-state index contributed by atoms with van der Waals surface area (Å²) < 4.78 is 1.86. The highest BCUT2D eigenvalue weighted by molar-refractivity contribution is 5.96. The number of hydrogen-bond donors (Lipinski definition) is 2. The van der Waals surface area contributed by atoms with Gasteiger partial charge in [-0.2, -0.15) is 5.10 Å². The van der Waals surface area contributed by atoms with E-state index in [2.05, 4.69) is 51.4 Å². The quantitative estimate of drug-likeness (QED) is 0.456. The molecule has 7 heteroatoms. The fraction of sp³-hybridized carbons (Fsp3) is 0.333. The van der Waals surface area contributed by atoms with Gasteiger partial charge in [-0.1, -0.05) is 18.2 Å². The summed E-state index contributed by atoms with van der Waals surface area (Å²) >= 11 is 0. The maximum Gasteiger partial charge on any atom is 0.251 e. The number of aryl methyl sites for hydroxylation is 2. The molecule has 1 fully saturated rings. The Balaban J connectivity index is 1.30. The Morgan fingerprint density at radius 1 is 1.03 bits per heavy atom. The molecule has 1 aliphatic rings. The van der Waals surface area contributed by atoms with E-state index < -0.39 is 0 Å². The van der Waals surface area contributed by atoms with Crippen molar-refractivity contribution in [3.63, 3.8) is 0 Å². The maximum atomic E-state index is 12.5. The molecule has 1 saturated heterocycles. The van der Waals surface area contributed by atoms with Crippen LogP contribution in [0.3, 0.4) is 0 Å². The number of rotatable bonds is 7. The number of nitrogens with one attached hydrogen (secondary N) is 1. The summed E-state index contributed by atoms with van der Waals surface area (Å²) in [5, 5.41) is 7.12. The van der Waals surface area contributed by atoms with Gasteiger partial charge in [0.25, 0.3) is 5.91 Å². The average molecular weight is 419 g/mol. The molecule has 0 aliphatic carbocycles. The van der Waals surface area contributed by atoms with Crippen molar-refractivity contribution in [2.45, 2.75) is 19.9 Å². The number of piperazine rings is 1. The minimum absolute atomic E-state index is 0.0944. The molecule has 3 aromatic rings. The van der Waals surface area contributed by atoms with E-state index in [1.54, 1.807) is 12.3 Å². The lowest BCUT2D eigenvalue weighted by molar-refractivity contribution is 0.0952. The zero-order valence-corrected chi connectivity index (χ0v) is 18.0. The number of nitrogens with zero attached hydrogens (tertiary/aromatic N) is 4. The summed E-state index contributed by atoms with van der Waals surface area (Å²) in [5.74, 6) is -0.0944. The third kappa shape index (κ3) is 4.99. The Hall–Kier alpha value is -3.48. The Morgan fingerprint density at radius 3 is 2.45 bits per heavy atom. The first-order chi connectivity index (χ1) is 15.1. The molecule has 1 amide bonds. The van der Waals surface area contributed by atoms with E-state index in [4.69, 9.17) is 5.73 Å². The lowest BCUT2D eigenvalue weighted by Crippen LogP contribution is -2.47. The highest BCUT2D eigenvalue weighted by atomic mass is 16.1. The van der Waals surface area contributed by atoms with Gasteiger partial charge in [-0.3, -0.25) is 9.48 Å². The van der Waals surface area contributed by atoms with E-state index in [1.165, 1.54) is 11.3 Å². The van der Waals surface area contributed by atoms with Crippen LogP contribution in [0.1, 0.15) is 22.3 Å². The fourth-order valence-corrected chi connectivity index (χ4v) is 4.07. The fourth-order valence-electron chi connectivity index (χ4n) is 4.07. The van der Waals surface area contributed by atoms with Crippen molar-refractivity contribution in [2.24, 2.45) is 0 Å². The molecule has 1 aliphatic heterocycles. The molecule has 2 heterocycles. The van der Waals surface area contributed by atoms with Crippen molar-refractivity contribution in [2.75, 3.05) is 48.3 Å². The van der Waals surface area contributed by atoms with Crippen LogP contribution in [-0.4, -0.2) is 48.4 Å². The van der Waals surface area contributed by atoms with Crippen LogP contribution in [0.15, 0.2) is 60.9 Å². The van der Waals surface area contributed by atoms with Crippen LogP contribution in [0.2, 0.25) is 0 Å². The Kier molecular flexibility index (Phi) is 6.40. The van der Waals surface area contributed by atoms with Crippen molar-refractivity contribution in [1.82, 2.24) is 15.1 Å². The molecule has 0 unspecified atom stereocenters. The number of aromatic nitrogens is 2. The van der Waals surface area contributed by atoms with E-state index >= 15 is 0 Å². The summed E-state index contributed by atoms with van der Waals surface area (Å²) in [5.41, 5.74) is 11.2. The molecule has 1 aromatic heterocycles. The summed E-state index contributed by atoms with van der Waals surface area (Å²) in [4.78, 5) is 17.2. The molecule has 0 radical (unpaired) electrons. The molecule has 0 spiro atoms. The Bertz CT molecular complexity index is 1010. The molecular weight excluding hydrogens is 388 g/mol. The van der Waals surface area contributed by atoms with Crippen LogP contribution in [0, 0.1) is 6.92 Å². The molecular formula is C24H30N6O. The van der Waals surface area contributed by atoms with Crippen LogP contribution in [-0.2, 0) is 6.54 Å². The van der Waals surface area contributed by atoms with Crippen LogP contribution in [0.5, 0.6) is 0 Å². The molecule has 162 valence electrons. The van der Waals surface area contributed by atoms with Gasteiger partial charge in [-0.15, -0.1) is 0 Å². The molecule has 3 N–H and O–H groups in total. The zero-order chi connectivity index (χ0) is 21.6. The van der Waals surface area contributed by atoms with Crippen LogP contribution >= 0.6 is 0 Å². The third-order valence-corrected chi connectivity index (χ3v) is 5.77. The monoisotopic (exact) mass is 418 g/mol. The maximum absolute atomic E-state index is 12.5. The number of anilines is 3. The van der Waals surface area contributed by atoms with E-state index in [1.807, 2.05) is 29.1 Å². The largest absolute Gasteiger partial charge is 0.397 e. The Labute approximate surface area is 183 Å². The van der Waals surface area contributed by atoms with Gasteiger partial charge in [0.1, 0.15) is 0 Å². The first-order valence-corrected chi connectivity index (χ1v) is 10.8. The van der Waals surface area contributed by atoms with Gasteiger partial charge >= 0.3 is 0 Å². The van der Waals surface area contributed by atoms with E-state index in [0.717, 1.165) is 44.8 Å². The van der Waals surface area contributed by atoms with Crippen LogP contribution in [0.25, 0.3) is 0 Å². The van der Waals surface area contributed by atoms with E-state index in [9.17, 15) is 4.79 Å². The summed E-state index contributed by atoms with van der Waals surface area (Å²) in [6.45, 7) is 7.23. The number of para-hydroxylation sites is 1. The van der Waals surface area contributed by atoms with Crippen molar-refractivity contribution in [3.05, 3.63) is 72.1 Å². The number of hydrogen-bond acceptors (Lipinski definition) is 5. The molecule has 4 rings (SSSR count). The van der Waals surface area contributed by atoms with Gasteiger partial charge in [0.05, 0.1) is 11.4 Å². The van der Waals surface area contributed by atoms with Crippen molar-refractivity contribution >= 4 is 23.0 Å². The van der Waals surface area contributed by atoms with Gasteiger partial charge in [-0.05, 0) is 49.2 Å². The molecule has 2 aromatic carbocycles. The van der Waals surface area contributed by atoms with Gasteiger partial charge in [-0.25, -0.2) is 0 Å². The molecule has 0 bridgehead atoms. The predicted molar refractivity (Wildman–Crippen MR) is 126 cm³/mol. The Morgan fingerprint density at radius 2 is 1.77 bits per heavy atom. The van der Waals surface area contributed by atoms with Gasteiger partial charge < -0.3 is 20.9 Å². The third-order valence-electron chi connectivity index (χ3n) is 5.77. The predicted octanol–water partition coefficient (Wildman–Crippen LogP) is 2.92. The normalized spacial score (nSPS) is 14.0. The number of nitrogens with two attached hydrogens (primary N) is 1. The second kappa shape index (κ2) is 9.55. The molecule has 31 heavy (non-hydrogen) atoms. The molecule has 7 nitrogen and oxygen atoms in total. The number of carbonyl (C=O) groups excluding carboxylic acids is 1. The topological polar surface area (TPSA) is 79.4 Å². The number of nitrogen functional groups attached to an aromatic ring is 1. The van der Waals surface area contributed by atoms with Crippen molar-refractivity contribution in [1.29, 1.82) is 0 Å². The second-order valence-corrected chi connectivity index (χ2v) is 7.91. The summed E-state index contributed by atoms with van der Waals surface area (Å²) in [6.07, 6.45) is 4.50. The highest BCUT2D eigenvalue weighted by Gasteiger charge is 2.20. The number of amides is 1. The first-order valence-electron chi connectivity index (χ1n) is 10.8. The van der Waals surface area contributed by atoms with Crippen LogP contribution in [0.4, 0.5) is 17.1 Å². The second-order valence-electron chi connectivity index (χ2n) is 7.91. The van der Waals surface area contributed by atoms with Gasteiger partial charge in [0, 0.05) is 62.9 Å². The minimum atomic E-state index is -0.0944. The lowest BCUT2D eigenvalue weighted by Gasteiger charge is -2.38. The summed E-state index contributed by atoms with van der Waals surface area (Å²) in [7, 11) is 0. The van der Waals surface area contributed by atoms with Gasteiger partial charge in [0.2, 0.25) is 0 Å². The summed E-state index contributed by atoms with van der Waals surface area (Å²) in [6, 6.07) is 16.0.